The third kappa shape index (κ3) is 3.93. The number of esters is 1. The van der Waals surface area contributed by atoms with Crippen molar-refractivity contribution in [3.63, 3.8) is 0 Å². The minimum atomic E-state index is -1.38. The van der Waals surface area contributed by atoms with Crippen molar-refractivity contribution >= 4 is 5.97 Å². The third-order valence-electron chi connectivity index (χ3n) is 5.49. The quantitative estimate of drug-likeness (QED) is 0.631. The number of rotatable bonds is 4. The minimum Gasteiger partial charge on any atom is -0.465 e. The lowest BCUT2D eigenvalue weighted by molar-refractivity contribution is -0.179. The Morgan fingerprint density at radius 1 is 1.33 bits per heavy atom. The molecule has 1 saturated carbocycles. The molecule has 4 atom stereocenters. The average molecular weight is 338 g/mol. The van der Waals surface area contributed by atoms with Crippen LogP contribution >= 0.6 is 0 Å². The lowest BCUT2D eigenvalue weighted by Gasteiger charge is -2.47. The van der Waals surface area contributed by atoms with Gasteiger partial charge in [0.05, 0.1) is 6.61 Å². The van der Waals surface area contributed by atoms with E-state index in [4.69, 9.17) is 14.2 Å². The molecule has 2 fully saturated rings. The predicted octanol–water partition coefficient (Wildman–Crippen LogP) is 2.65. The number of ether oxygens (including phenoxy) is 3. The molecule has 0 amide bonds. The Hall–Kier alpha value is -1.09. The van der Waals surface area contributed by atoms with Gasteiger partial charge in [-0.05, 0) is 58.3 Å². The first-order valence-corrected chi connectivity index (χ1v) is 9.07. The van der Waals surface area contributed by atoms with Crippen molar-refractivity contribution in [1.82, 2.24) is 0 Å². The molecule has 1 aliphatic carbocycles. The zero-order chi connectivity index (χ0) is 17.6. The van der Waals surface area contributed by atoms with E-state index in [1.54, 1.807) is 13.8 Å². The molecule has 1 N–H and O–H groups in total. The molecule has 5 nitrogen and oxygen atoms in total. The fraction of sp³-hybridized carbons (Fsp3) is 0.842. The fourth-order valence-corrected chi connectivity index (χ4v) is 3.62. The number of hydrogen-bond donors (Lipinski definition) is 1. The summed E-state index contributed by atoms with van der Waals surface area (Å²) in [5.74, 6) is 5.46. The van der Waals surface area contributed by atoms with Gasteiger partial charge < -0.3 is 19.3 Å². The smallest absolute Gasteiger partial charge is 0.316 e. The predicted molar refractivity (Wildman–Crippen MR) is 90.0 cm³/mol. The Labute approximate surface area is 145 Å². The lowest BCUT2D eigenvalue weighted by atomic mass is 9.59. The Kier molecular flexibility index (Phi) is 6.68. The van der Waals surface area contributed by atoms with Crippen LogP contribution in [0.25, 0.3) is 0 Å². The van der Waals surface area contributed by atoms with Gasteiger partial charge in [0, 0.05) is 6.61 Å². The standard InChI is InChI=1S/C19H30O5/c1-4-22-17(20)18(3)15(2)9-7-11-19(18,21)12-8-14-24-16-10-5-6-13-23-16/h15-16,21H,4-7,9-11,13-14H2,1-3H3/t15-,16-,18+,19+/m1/s1. The van der Waals surface area contributed by atoms with Crippen molar-refractivity contribution < 1.29 is 24.1 Å². The van der Waals surface area contributed by atoms with Gasteiger partial charge in [0.15, 0.2) is 6.29 Å². The highest BCUT2D eigenvalue weighted by Crippen LogP contribution is 2.48. The normalized spacial score (nSPS) is 36.5. The van der Waals surface area contributed by atoms with Gasteiger partial charge in [-0.3, -0.25) is 4.79 Å². The summed E-state index contributed by atoms with van der Waals surface area (Å²) in [7, 11) is 0. The van der Waals surface area contributed by atoms with E-state index in [9.17, 15) is 9.90 Å². The zero-order valence-corrected chi connectivity index (χ0v) is 15.1. The Balaban J connectivity index is 2.06. The molecule has 2 rings (SSSR count). The summed E-state index contributed by atoms with van der Waals surface area (Å²) in [5, 5.41) is 11.1. The first-order valence-electron chi connectivity index (χ1n) is 9.07. The summed E-state index contributed by atoms with van der Waals surface area (Å²) < 4.78 is 16.3. The summed E-state index contributed by atoms with van der Waals surface area (Å²) in [4.78, 5) is 12.5. The second-order valence-electron chi connectivity index (χ2n) is 6.99. The van der Waals surface area contributed by atoms with Gasteiger partial charge in [-0.15, -0.1) is 0 Å². The topological polar surface area (TPSA) is 65.0 Å². The van der Waals surface area contributed by atoms with Crippen molar-refractivity contribution in [1.29, 1.82) is 0 Å². The van der Waals surface area contributed by atoms with Crippen LogP contribution in [0.1, 0.15) is 59.3 Å². The zero-order valence-electron chi connectivity index (χ0n) is 15.1. The van der Waals surface area contributed by atoms with E-state index >= 15 is 0 Å². The summed E-state index contributed by atoms with van der Waals surface area (Å²) in [6, 6.07) is 0. The van der Waals surface area contributed by atoms with E-state index in [0.29, 0.717) is 13.0 Å². The van der Waals surface area contributed by atoms with Crippen molar-refractivity contribution in [3.05, 3.63) is 0 Å². The molecular formula is C19H30O5. The SMILES string of the molecule is CCOC(=O)[C@]1(C)[C@H](C)CCC[C@]1(O)C#CCO[C@@H]1CCCCO1. The van der Waals surface area contributed by atoms with Gasteiger partial charge in [-0.25, -0.2) is 0 Å². The van der Waals surface area contributed by atoms with E-state index in [1.807, 2.05) is 6.92 Å². The molecule has 24 heavy (non-hydrogen) atoms. The van der Waals surface area contributed by atoms with Crippen LogP contribution in [-0.4, -0.2) is 42.8 Å². The van der Waals surface area contributed by atoms with Crippen molar-refractivity contribution in [2.75, 3.05) is 19.8 Å². The molecule has 1 heterocycles. The van der Waals surface area contributed by atoms with Gasteiger partial charge in [-0.2, -0.15) is 0 Å². The van der Waals surface area contributed by atoms with Crippen molar-refractivity contribution in [3.8, 4) is 11.8 Å². The van der Waals surface area contributed by atoms with Crippen LogP contribution in [0.5, 0.6) is 0 Å². The Morgan fingerprint density at radius 3 is 2.79 bits per heavy atom. The number of hydrogen-bond acceptors (Lipinski definition) is 5. The summed E-state index contributed by atoms with van der Waals surface area (Å²) in [6.45, 7) is 6.74. The highest BCUT2D eigenvalue weighted by Gasteiger charge is 2.57. The van der Waals surface area contributed by atoms with Crippen LogP contribution in [-0.2, 0) is 19.0 Å². The highest BCUT2D eigenvalue weighted by atomic mass is 16.7. The molecule has 136 valence electrons. The van der Waals surface area contributed by atoms with Crippen LogP contribution < -0.4 is 0 Å². The van der Waals surface area contributed by atoms with Crippen LogP contribution in [0.2, 0.25) is 0 Å². The van der Waals surface area contributed by atoms with Crippen molar-refractivity contribution in [2.24, 2.45) is 11.3 Å². The van der Waals surface area contributed by atoms with E-state index in [0.717, 1.165) is 38.7 Å². The van der Waals surface area contributed by atoms with Gasteiger partial charge in [0.2, 0.25) is 0 Å². The maximum Gasteiger partial charge on any atom is 0.316 e. The monoisotopic (exact) mass is 338 g/mol. The van der Waals surface area contributed by atoms with E-state index < -0.39 is 11.0 Å². The van der Waals surface area contributed by atoms with Gasteiger partial charge in [-0.1, -0.05) is 18.8 Å². The molecule has 0 unspecified atom stereocenters. The van der Waals surface area contributed by atoms with Gasteiger partial charge >= 0.3 is 5.97 Å². The second-order valence-corrected chi connectivity index (χ2v) is 6.99. The average Bonchev–Trinajstić information content (AvgIpc) is 2.58. The molecule has 0 spiro atoms. The first kappa shape index (κ1) is 19.2. The number of aliphatic hydroxyl groups is 1. The van der Waals surface area contributed by atoms with E-state index in [1.165, 1.54) is 0 Å². The largest absolute Gasteiger partial charge is 0.465 e. The molecule has 0 radical (unpaired) electrons. The molecule has 0 aromatic rings. The van der Waals surface area contributed by atoms with Crippen LogP contribution in [0.4, 0.5) is 0 Å². The van der Waals surface area contributed by atoms with E-state index in [2.05, 4.69) is 11.8 Å². The van der Waals surface area contributed by atoms with Crippen LogP contribution in [0, 0.1) is 23.2 Å². The minimum absolute atomic E-state index is 0.00666. The first-order chi connectivity index (χ1) is 11.4. The lowest BCUT2D eigenvalue weighted by Crippen LogP contribution is -2.57. The van der Waals surface area contributed by atoms with Gasteiger partial charge in [0.25, 0.3) is 0 Å². The third-order valence-corrected chi connectivity index (χ3v) is 5.49. The molecule has 0 aromatic heterocycles. The summed E-state index contributed by atoms with van der Waals surface area (Å²) >= 11 is 0. The van der Waals surface area contributed by atoms with Crippen LogP contribution in [0.15, 0.2) is 0 Å². The van der Waals surface area contributed by atoms with Crippen LogP contribution in [0.3, 0.4) is 0 Å². The van der Waals surface area contributed by atoms with E-state index in [-0.39, 0.29) is 24.8 Å². The number of carbonyl (C=O) groups is 1. The van der Waals surface area contributed by atoms with Crippen molar-refractivity contribution in [2.45, 2.75) is 71.2 Å². The Morgan fingerprint density at radius 2 is 2.12 bits per heavy atom. The molecule has 1 saturated heterocycles. The molecular weight excluding hydrogens is 308 g/mol. The number of carbonyl (C=O) groups excluding carboxylic acids is 1. The maximum absolute atomic E-state index is 12.5. The summed E-state index contributed by atoms with van der Waals surface area (Å²) in [5.41, 5.74) is -2.40. The summed E-state index contributed by atoms with van der Waals surface area (Å²) in [6.07, 6.45) is 5.04. The molecule has 1 aliphatic heterocycles. The second kappa shape index (κ2) is 8.33. The van der Waals surface area contributed by atoms with Gasteiger partial charge in [0.1, 0.15) is 17.6 Å². The molecule has 0 aromatic carbocycles. The molecule has 0 bridgehead atoms. The fourth-order valence-electron chi connectivity index (χ4n) is 3.62. The highest BCUT2D eigenvalue weighted by molar-refractivity contribution is 5.79. The molecule has 2 aliphatic rings. The maximum atomic E-state index is 12.5. The Bertz CT molecular complexity index is 488. The molecule has 5 heteroatoms.